The summed E-state index contributed by atoms with van der Waals surface area (Å²) in [6.07, 6.45) is 4.81. The Labute approximate surface area is 57.2 Å². The SMILES string of the molecule is [CH2]SC(=O)c1ccco1. The number of furan rings is 1. The molecule has 0 spiro atoms. The van der Waals surface area contributed by atoms with Gasteiger partial charge in [0.1, 0.15) is 0 Å². The minimum atomic E-state index is -0.139. The van der Waals surface area contributed by atoms with E-state index < -0.39 is 0 Å². The highest BCUT2D eigenvalue weighted by molar-refractivity contribution is 8.15. The quantitative estimate of drug-likeness (QED) is 0.598. The average Bonchev–Trinajstić information content (AvgIpc) is 2.37. The summed E-state index contributed by atoms with van der Waals surface area (Å²) in [4.78, 5) is 10.7. The Morgan fingerprint density at radius 1 is 1.78 bits per heavy atom. The molecule has 0 N–H and O–H groups in total. The molecule has 0 aromatic carbocycles. The van der Waals surface area contributed by atoms with Crippen molar-refractivity contribution in [3.8, 4) is 0 Å². The molecule has 1 aromatic rings. The smallest absolute Gasteiger partial charge is 0.254 e. The van der Waals surface area contributed by atoms with E-state index in [-0.39, 0.29) is 5.12 Å². The summed E-state index contributed by atoms with van der Waals surface area (Å²) >= 11 is 0.900. The van der Waals surface area contributed by atoms with Gasteiger partial charge in [-0.05, 0) is 12.1 Å². The predicted octanol–water partition coefficient (Wildman–Crippen LogP) is 1.94. The number of thioether (sulfide) groups is 1. The topological polar surface area (TPSA) is 30.2 Å². The van der Waals surface area contributed by atoms with Gasteiger partial charge >= 0.3 is 0 Å². The fraction of sp³-hybridized carbons (Fsp3) is 0. The molecule has 0 aliphatic rings. The van der Waals surface area contributed by atoms with E-state index in [0.29, 0.717) is 5.76 Å². The summed E-state index contributed by atoms with van der Waals surface area (Å²) < 4.78 is 4.78. The highest BCUT2D eigenvalue weighted by atomic mass is 32.2. The minimum absolute atomic E-state index is 0.139. The molecular weight excluding hydrogens is 136 g/mol. The Morgan fingerprint density at radius 2 is 2.56 bits per heavy atom. The van der Waals surface area contributed by atoms with Gasteiger partial charge in [-0.1, -0.05) is 11.8 Å². The number of rotatable bonds is 1. The van der Waals surface area contributed by atoms with Crippen molar-refractivity contribution in [2.45, 2.75) is 0 Å². The molecular formula is C6H5O2S. The van der Waals surface area contributed by atoms with Crippen LogP contribution in [0.15, 0.2) is 22.8 Å². The van der Waals surface area contributed by atoms with Crippen LogP contribution in [0.2, 0.25) is 0 Å². The molecule has 0 fully saturated rings. The van der Waals surface area contributed by atoms with Crippen molar-refractivity contribution < 1.29 is 9.21 Å². The maximum absolute atomic E-state index is 10.7. The van der Waals surface area contributed by atoms with E-state index in [0.717, 1.165) is 11.8 Å². The second-order valence-corrected chi connectivity index (χ2v) is 2.07. The van der Waals surface area contributed by atoms with Gasteiger partial charge in [0, 0.05) is 6.26 Å². The van der Waals surface area contributed by atoms with Crippen LogP contribution in [0.5, 0.6) is 0 Å². The summed E-state index contributed by atoms with van der Waals surface area (Å²) in [5.74, 6) is 0.356. The number of hydrogen-bond donors (Lipinski definition) is 0. The lowest BCUT2D eigenvalue weighted by atomic mass is 10.5. The monoisotopic (exact) mass is 141 g/mol. The van der Waals surface area contributed by atoms with Gasteiger partial charge in [-0.25, -0.2) is 0 Å². The van der Waals surface area contributed by atoms with E-state index in [2.05, 4.69) is 6.26 Å². The first-order valence-corrected chi connectivity index (χ1v) is 3.33. The van der Waals surface area contributed by atoms with E-state index in [9.17, 15) is 4.79 Å². The molecule has 9 heavy (non-hydrogen) atoms. The van der Waals surface area contributed by atoms with Gasteiger partial charge in [0.05, 0.1) is 6.26 Å². The van der Waals surface area contributed by atoms with E-state index in [4.69, 9.17) is 4.42 Å². The molecule has 1 aromatic heterocycles. The van der Waals surface area contributed by atoms with Crippen molar-refractivity contribution in [3.63, 3.8) is 0 Å². The van der Waals surface area contributed by atoms with Crippen LogP contribution in [-0.4, -0.2) is 5.12 Å². The lowest BCUT2D eigenvalue weighted by Crippen LogP contribution is -1.85. The Kier molecular flexibility index (Phi) is 1.95. The maximum Gasteiger partial charge on any atom is 0.254 e. The number of hydrogen-bond acceptors (Lipinski definition) is 3. The molecule has 3 heteroatoms. The molecule has 2 nitrogen and oxygen atoms in total. The Hall–Kier alpha value is -0.700. The third-order valence-electron chi connectivity index (χ3n) is 0.853. The van der Waals surface area contributed by atoms with Crippen LogP contribution in [0.25, 0.3) is 0 Å². The highest BCUT2D eigenvalue weighted by Crippen LogP contribution is 2.09. The first-order valence-electron chi connectivity index (χ1n) is 2.34. The van der Waals surface area contributed by atoms with Gasteiger partial charge in [0.2, 0.25) is 0 Å². The van der Waals surface area contributed by atoms with Crippen molar-refractivity contribution >= 4 is 16.9 Å². The van der Waals surface area contributed by atoms with Crippen LogP contribution in [0, 0.1) is 6.26 Å². The van der Waals surface area contributed by atoms with Gasteiger partial charge in [0.25, 0.3) is 5.12 Å². The largest absolute Gasteiger partial charge is 0.460 e. The van der Waals surface area contributed by atoms with Crippen LogP contribution < -0.4 is 0 Å². The summed E-state index contributed by atoms with van der Waals surface area (Å²) in [5.41, 5.74) is 0. The second kappa shape index (κ2) is 2.73. The van der Waals surface area contributed by atoms with E-state index in [1.54, 1.807) is 12.1 Å². The van der Waals surface area contributed by atoms with Crippen LogP contribution >= 0.6 is 11.8 Å². The van der Waals surface area contributed by atoms with E-state index >= 15 is 0 Å². The molecule has 0 saturated carbocycles. The lowest BCUT2D eigenvalue weighted by molar-refractivity contribution is 0.106. The first-order chi connectivity index (χ1) is 4.34. The van der Waals surface area contributed by atoms with Crippen molar-refractivity contribution in [2.24, 2.45) is 0 Å². The Bertz CT molecular complexity index is 191. The minimum Gasteiger partial charge on any atom is -0.460 e. The van der Waals surface area contributed by atoms with Crippen molar-refractivity contribution in [1.82, 2.24) is 0 Å². The summed E-state index contributed by atoms with van der Waals surface area (Å²) in [5, 5.41) is -0.139. The normalized spacial score (nSPS) is 9.44. The highest BCUT2D eigenvalue weighted by Gasteiger charge is 2.04. The standard InChI is InChI=1S/C6H5O2S/c1-9-6(7)5-3-2-4-8-5/h2-4H,1H2. The molecule has 1 radical (unpaired) electrons. The van der Waals surface area contributed by atoms with Crippen LogP contribution in [0.4, 0.5) is 0 Å². The molecule has 0 unspecified atom stereocenters. The summed E-state index contributed by atoms with van der Waals surface area (Å²) in [7, 11) is 0. The van der Waals surface area contributed by atoms with Crippen LogP contribution in [-0.2, 0) is 0 Å². The van der Waals surface area contributed by atoms with E-state index in [1.165, 1.54) is 6.26 Å². The first kappa shape index (κ1) is 6.42. The zero-order chi connectivity index (χ0) is 6.69. The zero-order valence-corrected chi connectivity index (χ0v) is 5.48. The molecule has 1 rings (SSSR count). The molecule has 0 amide bonds. The van der Waals surface area contributed by atoms with Crippen molar-refractivity contribution in [2.75, 3.05) is 0 Å². The van der Waals surface area contributed by atoms with Crippen LogP contribution in [0.1, 0.15) is 10.6 Å². The molecule has 0 aliphatic carbocycles. The molecule has 1 heterocycles. The third-order valence-corrected chi connectivity index (χ3v) is 1.32. The molecule has 47 valence electrons. The maximum atomic E-state index is 10.7. The van der Waals surface area contributed by atoms with Gasteiger partial charge in [-0.15, -0.1) is 0 Å². The van der Waals surface area contributed by atoms with Gasteiger partial charge in [-0.3, -0.25) is 4.79 Å². The number of carbonyl (C=O) groups is 1. The average molecular weight is 141 g/mol. The fourth-order valence-electron chi connectivity index (χ4n) is 0.466. The molecule has 0 aliphatic heterocycles. The summed E-state index contributed by atoms with van der Waals surface area (Å²) in [6, 6.07) is 3.28. The molecule has 0 saturated heterocycles. The van der Waals surface area contributed by atoms with Gasteiger partial charge < -0.3 is 4.42 Å². The second-order valence-electron chi connectivity index (χ2n) is 1.41. The van der Waals surface area contributed by atoms with Crippen LogP contribution in [0.3, 0.4) is 0 Å². The van der Waals surface area contributed by atoms with Crippen molar-refractivity contribution in [1.29, 1.82) is 0 Å². The number of carbonyl (C=O) groups excluding carboxylic acids is 1. The zero-order valence-electron chi connectivity index (χ0n) is 4.66. The van der Waals surface area contributed by atoms with Crippen molar-refractivity contribution in [3.05, 3.63) is 30.4 Å². The molecule has 0 bridgehead atoms. The summed E-state index contributed by atoms with van der Waals surface area (Å²) in [6.45, 7) is 0. The fourth-order valence-corrected chi connectivity index (χ4v) is 0.724. The lowest BCUT2D eigenvalue weighted by Gasteiger charge is -1.85. The van der Waals surface area contributed by atoms with Gasteiger partial charge in [0.15, 0.2) is 5.76 Å². The van der Waals surface area contributed by atoms with Gasteiger partial charge in [-0.2, -0.15) is 0 Å². The van der Waals surface area contributed by atoms with E-state index in [1.807, 2.05) is 0 Å². The Morgan fingerprint density at radius 3 is 3.00 bits per heavy atom. The Balaban J connectivity index is 2.77. The third kappa shape index (κ3) is 1.36. The predicted molar refractivity (Wildman–Crippen MR) is 36.0 cm³/mol. The molecule has 0 atom stereocenters.